The highest BCUT2D eigenvalue weighted by atomic mass is 35.5. The van der Waals surface area contributed by atoms with E-state index in [1.165, 1.54) is 0 Å². The van der Waals surface area contributed by atoms with E-state index >= 15 is 0 Å². The molecule has 86 valence electrons. The molecule has 3 heteroatoms. The average Bonchev–Trinajstić information content (AvgIpc) is 2.31. The Morgan fingerprint density at radius 2 is 2.19 bits per heavy atom. The summed E-state index contributed by atoms with van der Waals surface area (Å²) in [6.45, 7) is 4.60. The molecule has 1 heterocycles. The molecule has 0 amide bonds. The average molecular weight is 238 g/mol. The standard InChI is InChI=1S/C13H16ClNO/c1-2-16-11-7-9-15(10-8-11)13-6-4-3-5-12(13)14/h3-7H,2,8-10H2,1H3. The van der Waals surface area contributed by atoms with Gasteiger partial charge in [0.25, 0.3) is 0 Å². The number of anilines is 1. The van der Waals surface area contributed by atoms with Crippen LogP contribution in [0.5, 0.6) is 0 Å². The zero-order chi connectivity index (χ0) is 11.4. The van der Waals surface area contributed by atoms with Gasteiger partial charge in [0.1, 0.15) is 0 Å². The van der Waals surface area contributed by atoms with E-state index in [1.807, 2.05) is 25.1 Å². The minimum absolute atomic E-state index is 0.748. The maximum atomic E-state index is 6.16. The summed E-state index contributed by atoms with van der Waals surface area (Å²) in [6, 6.07) is 7.96. The molecule has 0 unspecified atom stereocenters. The molecule has 2 rings (SSSR count). The Morgan fingerprint density at radius 1 is 1.38 bits per heavy atom. The SMILES string of the molecule is CCOC1=CCN(c2ccccc2Cl)CC1. The first-order valence-corrected chi connectivity index (χ1v) is 6.00. The molecule has 0 aliphatic carbocycles. The highest BCUT2D eigenvalue weighted by Gasteiger charge is 2.14. The molecule has 2 nitrogen and oxygen atoms in total. The summed E-state index contributed by atoms with van der Waals surface area (Å²) in [6.07, 6.45) is 3.09. The quantitative estimate of drug-likeness (QED) is 0.798. The number of para-hydroxylation sites is 1. The van der Waals surface area contributed by atoms with Gasteiger partial charge in [-0.3, -0.25) is 0 Å². The maximum absolute atomic E-state index is 6.16. The molecule has 0 atom stereocenters. The summed E-state index contributed by atoms with van der Waals surface area (Å²) in [5.41, 5.74) is 1.11. The number of nitrogens with zero attached hydrogens (tertiary/aromatic N) is 1. The fraction of sp³-hybridized carbons (Fsp3) is 0.385. The van der Waals surface area contributed by atoms with Gasteiger partial charge in [-0.25, -0.2) is 0 Å². The van der Waals surface area contributed by atoms with Crippen LogP contribution in [0.1, 0.15) is 13.3 Å². The van der Waals surface area contributed by atoms with Crippen LogP contribution in [-0.4, -0.2) is 19.7 Å². The van der Waals surface area contributed by atoms with Crippen LogP contribution in [0.15, 0.2) is 36.1 Å². The van der Waals surface area contributed by atoms with Crippen molar-refractivity contribution in [3.05, 3.63) is 41.1 Å². The Hall–Kier alpha value is -1.15. The third-order valence-electron chi connectivity index (χ3n) is 2.69. The minimum atomic E-state index is 0.748. The number of hydrogen-bond donors (Lipinski definition) is 0. The van der Waals surface area contributed by atoms with Gasteiger partial charge in [0.2, 0.25) is 0 Å². The molecule has 0 radical (unpaired) electrons. The van der Waals surface area contributed by atoms with Crippen molar-refractivity contribution in [1.82, 2.24) is 0 Å². The largest absolute Gasteiger partial charge is 0.498 e. The molecule has 0 N–H and O–H groups in total. The Bertz CT molecular complexity index is 389. The van der Waals surface area contributed by atoms with E-state index in [4.69, 9.17) is 16.3 Å². The van der Waals surface area contributed by atoms with Crippen molar-refractivity contribution in [2.75, 3.05) is 24.6 Å². The third kappa shape index (κ3) is 2.50. The number of hydrogen-bond acceptors (Lipinski definition) is 2. The summed E-state index contributed by atoms with van der Waals surface area (Å²) < 4.78 is 5.50. The Kier molecular flexibility index (Phi) is 3.73. The van der Waals surface area contributed by atoms with Crippen LogP contribution >= 0.6 is 11.6 Å². The molecule has 0 saturated heterocycles. The van der Waals surface area contributed by atoms with Crippen molar-refractivity contribution in [3.63, 3.8) is 0 Å². The van der Waals surface area contributed by atoms with Crippen molar-refractivity contribution in [2.45, 2.75) is 13.3 Å². The maximum Gasteiger partial charge on any atom is 0.0955 e. The van der Waals surface area contributed by atoms with Gasteiger partial charge in [0.05, 0.1) is 23.1 Å². The third-order valence-corrected chi connectivity index (χ3v) is 3.01. The summed E-state index contributed by atoms with van der Waals surface area (Å²) in [7, 11) is 0. The normalized spacial score (nSPS) is 15.9. The molecule has 1 aliphatic heterocycles. The van der Waals surface area contributed by atoms with Gasteiger partial charge in [-0.2, -0.15) is 0 Å². The van der Waals surface area contributed by atoms with Crippen LogP contribution in [0, 0.1) is 0 Å². The second kappa shape index (κ2) is 5.26. The second-order valence-electron chi connectivity index (χ2n) is 3.75. The molecule has 0 fully saturated rings. The molecule has 16 heavy (non-hydrogen) atoms. The van der Waals surface area contributed by atoms with Crippen LogP contribution in [0.2, 0.25) is 5.02 Å². The van der Waals surface area contributed by atoms with E-state index in [0.29, 0.717) is 0 Å². The van der Waals surface area contributed by atoms with Gasteiger partial charge in [-0.15, -0.1) is 0 Å². The first kappa shape index (κ1) is 11.3. The molecule has 0 spiro atoms. The van der Waals surface area contributed by atoms with Crippen LogP contribution < -0.4 is 4.90 Å². The van der Waals surface area contributed by atoms with Crippen LogP contribution in [0.25, 0.3) is 0 Å². The predicted octanol–water partition coefficient (Wildman–Crippen LogP) is 3.47. The number of benzene rings is 1. The smallest absolute Gasteiger partial charge is 0.0955 e. The molecular formula is C13H16ClNO. The number of ether oxygens (including phenoxy) is 1. The molecule has 1 aromatic carbocycles. The van der Waals surface area contributed by atoms with E-state index in [0.717, 1.165) is 42.6 Å². The Labute approximate surface area is 101 Å². The first-order valence-electron chi connectivity index (χ1n) is 5.62. The monoisotopic (exact) mass is 237 g/mol. The Balaban J connectivity index is 2.07. The van der Waals surface area contributed by atoms with E-state index < -0.39 is 0 Å². The predicted molar refractivity (Wildman–Crippen MR) is 68.0 cm³/mol. The van der Waals surface area contributed by atoms with Crippen molar-refractivity contribution < 1.29 is 4.74 Å². The summed E-state index contributed by atoms with van der Waals surface area (Å²) in [5, 5.41) is 0.816. The van der Waals surface area contributed by atoms with Crippen LogP contribution in [0.3, 0.4) is 0 Å². The van der Waals surface area contributed by atoms with E-state index in [2.05, 4.69) is 17.0 Å². The molecule has 0 bridgehead atoms. The molecule has 1 aliphatic rings. The lowest BCUT2D eigenvalue weighted by atomic mass is 10.2. The van der Waals surface area contributed by atoms with Crippen molar-refractivity contribution in [1.29, 1.82) is 0 Å². The number of rotatable bonds is 3. The molecule has 0 aromatic heterocycles. The fourth-order valence-electron chi connectivity index (χ4n) is 1.89. The fourth-order valence-corrected chi connectivity index (χ4v) is 2.15. The first-order chi connectivity index (χ1) is 7.81. The minimum Gasteiger partial charge on any atom is -0.498 e. The second-order valence-corrected chi connectivity index (χ2v) is 4.16. The van der Waals surface area contributed by atoms with Crippen LogP contribution in [-0.2, 0) is 4.74 Å². The summed E-state index contributed by atoms with van der Waals surface area (Å²) >= 11 is 6.16. The van der Waals surface area contributed by atoms with Gasteiger partial charge in [0, 0.05) is 19.5 Å². The van der Waals surface area contributed by atoms with E-state index in [9.17, 15) is 0 Å². The molecular weight excluding hydrogens is 222 g/mol. The summed E-state index contributed by atoms with van der Waals surface area (Å²) in [5.74, 6) is 1.10. The lowest BCUT2D eigenvalue weighted by Crippen LogP contribution is -2.29. The Morgan fingerprint density at radius 3 is 2.81 bits per heavy atom. The van der Waals surface area contributed by atoms with Gasteiger partial charge >= 0.3 is 0 Å². The van der Waals surface area contributed by atoms with Crippen molar-refractivity contribution in [2.24, 2.45) is 0 Å². The molecule has 1 aromatic rings. The van der Waals surface area contributed by atoms with E-state index in [-0.39, 0.29) is 0 Å². The zero-order valence-corrected chi connectivity index (χ0v) is 10.2. The van der Waals surface area contributed by atoms with Crippen molar-refractivity contribution >= 4 is 17.3 Å². The van der Waals surface area contributed by atoms with E-state index in [1.54, 1.807) is 0 Å². The van der Waals surface area contributed by atoms with Gasteiger partial charge in [-0.05, 0) is 25.1 Å². The lowest BCUT2D eigenvalue weighted by Gasteiger charge is -2.28. The topological polar surface area (TPSA) is 12.5 Å². The van der Waals surface area contributed by atoms with Crippen molar-refractivity contribution in [3.8, 4) is 0 Å². The number of halogens is 1. The highest BCUT2D eigenvalue weighted by Crippen LogP contribution is 2.27. The van der Waals surface area contributed by atoms with Gasteiger partial charge < -0.3 is 9.64 Å². The van der Waals surface area contributed by atoms with Gasteiger partial charge in [0.15, 0.2) is 0 Å². The lowest BCUT2D eigenvalue weighted by molar-refractivity contribution is 0.215. The zero-order valence-electron chi connectivity index (χ0n) is 9.45. The van der Waals surface area contributed by atoms with Gasteiger partial charge in [-0.1, -0.05) is 23.7 Å². The molecule has 0 saturated carbocycles. The highest BCUT2D eigenvalue weighted by molar-refractivity contribution is 6.33. The van der Waals surface area contributed by atoms with Crippen LogP contribution in [0.4, 0.5) is 5.69 Å². The summed E-state index contributed by atoms with van der Waals surface area (Å²) in [4.78, 5) is 2.27.